The highest BCUT2D eigenvalue weighted by molar-refractivity contribution is 6.07. The number of fused-ring (bicyclic) bond motifs is 2. The Morgan fingerprint density at radius 1 is 0.793 bits per heavy atom. The van der Waals surface area contributed by atoms with Gasteiger partial charge in [-0.05, 0) is 34.5 Å². The number of benzene rings is 4. The van der Waals surface area contributed by atoms with E-state index in [0.29, 0.717) is 11.4 Å². The Labute approximate surface area is 168 Å². The monoisotopic (exact) mass is 377 g/mol. The Hall–Kier alpha value is -3.92. The van der Waals surface area contributed by atoms with Crippen molar-refractivity contribution >= 4 is 27.7 Å². The average Bonchev–Trinajstić information content (AvgIpc) is 3.21. The van der Waals surface area contributed by atoms with E-state index in [1.807, 2.05) is 97.1 Å². The Morgan fingerprint density at radius 3 is 2.38 bits per heavy atom. The van der Waals surface area contributed by atoms with E-state index >= 15 is 0 Å². The molecule has 0 aliphatic carbocycles. The van der Waals surface area contributed by atoms with Crippen LogP contribution in [-0.2, 0) is 0 Å². The van der Waals surface area contributed by atoms with Gasteiger partial charge in [0.2, 0.25) is 0 Å². The van der Waals surface area contributed by atoms with Crippen molar-refractivity contribution in [2.24, 2.45) is 0 Å². The zero-order valence-electron chi connectivity index (χ0n) is 15.7. The van der Waals surface area contributed by atoms with Crippen LogP contribution in [0.2, 0.25) is 0 Å². The molecule has 5 aromatic rings. The maximum absolute atomic E-state index is 13.3. The van der Waals surface area contributed by atoms with E-state index in [1.54, 1.807) is 0 Å². The molecule has 140 valence electrons. The van der Waals surface area contributed by atoms with Crippen LogP contribution in [0.25, 0.3) is 21.8 Å². The summed E-state index contributed by atoms with van der Waals surface area (Å²) in [5, 5.41) is 5.16. The third kappa shape index (κ3) is 3.25. The Bertz CT molecular complexity index is 1270. The largest absolute Gasteiger partial charge is 0.340 e. The number of imidazole rings is 1. The molecule has 1 heterocycles. The van der Waals surface area contributed by atoms with Crippen molar-refractivity contribution < 1.29 is 4.79 Å². The van der Waals surface area contributed by atoms with E-state index in [-0.39, 0.29) is 11.9 Å². The number of hydrogen-bond donors (Lipinski definition) is 2. The van der Waals surface area contributed by atoms with Gasteiger partial charge >= 0.3 is 0 Å². The first-order valence-corrected chi connectivity index (χ1v) is 9.58. The minimum Gasteiger partial charge on any atom is -0.340 e. The summed E-state index contributed by atoms with van der Waals surface area (Å²) in [6, 6.07) is 31.1. The second kappa shape index (κ2) is 7.24. The van der Waals surface area contributed by atoms with Gasteiger partial charge in [-0.25, -0.2) is 4.98 Å². The highest BCUT2D eigenvalue weighted by Gasteiger charge is 2.22. The molecule has 0 saturated heterocycles. The summed E-state index contributed by atoms with van der Waals surface area (Å²) in [4.78, 5) is 21.4. The van der Waals surface area contributed by atoms with Gasteiger partial charge in [-0.3, -0.25) is 4.79 Å². The number of para-hydroxylation sites is 2. The van der Waals surface area contributed by atoms with Crippen LogP contribution in [0, 0.1) is 0 Å². The minimum atomic E-state index is -0.380. The van der Waals surface area contributed by atoms with Crippen molar-refractivity contribution in [3.8, 4) is 0 Å². The second-order valence-corrected chi connectivity index (χ2v) is 6.98. The summed E-state index contributed by atoms with van der Waals surface area (Å²) in [6.45, 7) is 0. The SMILES string of the molecule is O=C(NC(c1ccccc1)c1nc2ccccc2[nH]1)c1cccc2ccccc12. The summed E-state index contributed by atoms with van der Waals surface area (Å²) in [5.41, 5.74) is 3.45. The van der Waals surface area contributed by atoms with Crippen LogP contribution in [0.3, 0.4) is 0 Å². The number of nitrogens with zero attached hydrogens (tertiary/aromatic N) is 1. The number of carbonyl (C=O) groups excluding carboxylic acids is 1. The highest BCUT2D eigenvalue weighted by Crippen LogP contribution is 2.24. The smallest absolute Gasteiger partial charge is 0.252 e. The van der Waals surface area contributed by atoms with Crippen LogP contribution in [0.1, 0.15) is 27.8 Å². The molecule has 29 heavy (non-hydrogen) atoms. The fourth-order valence-corrected chi connectivity index (χ4v) is 3.70. The predicted molar refractivity (Wildman–Crippen MR) is 116 cm³/mol. The van der Waals surface area contributed by atoms with Crippen molar-refractivity contribution in [3.63, 3.8) is 0 Å². The van der Waals surface area contributed by atoms with Gasteiger partial charge in [-0.2, -0.15) is 0 Å². The van der Waals surface area contributed by atoms with Gasteiger partial charge in [-0.1, -0.05) is 78.9 Å². The molecule has 4 aromatic carbocycles. The number of aromatic amines is 1. The molecular formula is C25H19N3O. The quantitative estimate of drug-likeness (QED) is 0.450. The van der Waals surface area contributed by atoms with Gasteiger partial charge in [0, 0.05) is 5.56 Å². The van der Waals surface area contributed by atoms with Gasteiger partial charge in [0.15, 0.2) is 0 Å². The number of hydrogen-bond acceptors (Lipinski definition) is 2. The molecule has 0 aliphatic rings. The lowest BCUT2D eigenvalue weighted by Gasteiger charge is -2.18. The van der Waals surface area contributed by atoms with Crippen molar-refractivity contribution in [2.75, 3.05) is 0 Å². The third-order valence-electron chi connectivity index (χ3n) is 5.12. The van der Waals surface area contributed by atoms with Gasteiger partial charge in [0.1, 0.15) is 11.9 Å². The van der Waals surface area contributed by atoms with Gasteiger partial charge < -0.3 is 10.3 Å². The van der Waals surface area contributed by atoms with E-state index < -0.39 is 0 Å². The van der Waals surface area contributed by atoms with E-state index in [1.165, 1.54) is 0 Å². The van der Waals surface area contributed by atoms with Gasteiger partial charge in [0.05, 0.1) is 11.0 Å². The first-order valence-electron chi connectivity index (χ1n) is 9.58. The molecule has 0 radical (unpaired) electrons. The number of nitrogens with one attached hydrogen (secondary N) is 2. The first kappa shape index (κ1) is 17.2. The fourth-order valence-electron chi connectivity index (χ4n) is 3.70. The first-order chi connectivity index (χ1) is 14.3. The van der Waals surface area contributed by atoms with Gasteiger partial charge in [0.25, 0.3) is 5.91 Å². The Balaban J connectivity index is 1.57. The molecule has 0 fully saturated rings. The van der Waals surface area contributed by atoms with E-state index in [0.717, 1.165) is 27.4 Å². The third-order valence-corrected chi connectivity index (χ3v) is 5.12. The molecule has 0 aliphatic heterocycles. The summed E-state index contributed by atoms with van der Waals surface area (Å²) in [7, 11) is 0. The zero-order valence-corrected chi connectivity index (χ0v) is 15.7. The lowest BCUT2D eigenvalue weighted by atomic mass is 10.0. The molecule has 4 nitrogen and oxygen atoms in total. The maximum Gasteiger partial charge on any atom is 0.252 e. The summed E-state index contributed by atoms with van der Waals surface area (Å²) >= 11 is 0. The molecule has 0 spiro atoms. The van der Waals surface area contributed by atoms with E-state index in [9.17, 15) is 4.79 Å². The summed E-state index contributed by atoms with van der Waals surface area (Å²) in [5.74, 6) is 0.585. The fraction of sp³-hybridized carbons (Fsp3) is 0.0400. The molecule has 1 atom stereocenters. The molecule has 0 saturated carbocycles. The topological polar surface area (TPSA) is 57.8 Å². The van der Waals surface area contributed by atoms with Gasteiger partial charge in [-0.15, -0.1) is 0 Å². The number of H-pyrrole nitrogens is 1. The number of aromatic nitrogens is 2. The van der Waals surface area contributed by atoms with Crippen LogP contribution in [-0.4, -0.2) is 15.9 Å². The van der Waals surface area contributed by atoms with Crippen molar-refractivity contribution in [3.05, 3.63) is 114 Å². The lowest BCUT2D eigenvalue weighted by Crippen LogP contribution is -2.30. The molecule has 1 aromatic heterocycles. The Kier molecular flexibility index (Phi) is 4.30. The van der Waals surface area contributed by atoms with Crippen LogP contribution in [0.4, 0.5) is 0 Å². The molecule has 1 unspecified atom stereocenters. The molecule has 5 rings (SSSR count). The van der Waals surface area contributed by atoms with Crippen molar-refractivity contribution in [1.29, 1.82) is 0 Å². The van der Waals surface area contributed by atoms with Crippen LogP contribution < -0.4 is 5.32 Å². The van der Waals surface area contributed by atoms with E-state index in [4.69, 9.17) is 4.98 Å². The summed E-state index contributed by atoms with van der Waals surface area (Å²) < 4.78 is 0. The number of carbonyl (C=O) groups is 1. The van der Waals surface area contributed by atoms with E-state index in [2.05, 4.69) is 10.3 Å². The average molecular weight is 377 g/mol. The van der Waals surface area contributed by atoms with Crippen LogP contribution in [0.15, 0.2) is 97.1 Å². The Morgan fingerprint density at radius 2 is 1.52 bits per heavy atom. The van der Waals surface area contributed by atoms with Crippen LogP contribution >= 0.6 is 0 Å². The molecule has 4 heteroatoms. The van der Waals surface area contributed by atoms with Crippen molar-refractivity contribution in [2.45, 2.75) is 6.04 Å². The van der Waals surface area contributed by atoms with Crippen molar-refractivity contribution in [1.82, 2.24) is 15.3 Å². The predicted octanol–water partition coefficient (Wildman–Crippen LogP) is 5.24. The molecule has 1 amide bonds. The minimum absolute atomic E-state index is 0.129. The normalized spacial score (nSPS) is 12.1. The lowest BCUT2D eigenvalue weighted by molar-refractivity contribution is 0.0943. The second-order valence-electron chi connectivity index (χ2n) is 6.98. The molecule has 2 N–H and O–H groups in total. The zero-order chi connectivity index (χ0) is 19.6. The standard InChI is InChI=1S/C25H19N3O/c29-25(20-14-8-12-17-9-4-5-13-19(17)20)28-23(18-10-2-1-3-11-18)24-26-21-15-6-7-16-22(21)27-24/h1-16,23H,(H,26,27)(H,28,29). The molecular weight excluding hydrogens is 358 g/mol. The molecule has 0 bridgehead atoms. The highest BCUT2D eigenvalue weighted by atomic mass is 16.1. The number of amides is 1. The summed E-state index contributed by atoms with van der Waals surface area (Å²) in [6.07, 6.45) is 0. The maximum atomic E-state index is 13.3. The number of rotatable bonds is 4. The van der Waals surface area contributed by atoms with Crippen LogP contribution in [0.5, 0.6) is 0 Å².